The molecule has 8 heteroatoms. The number of ether oxygens (including phenoxy) is 1. The summed E-state index contributed by atoms with van der Waals surface area (Å²) in [4.78, 5) is 18.3. The van der Waals surface area contributed by atoms with Crippen LogP contribution < -0.4 is 10.1 Å². The summed E-state index contributed by atoms with van der Waals surface area (Å²) in [5.41, 5.74) is 2.03. The van der Waals surface area contributed by atoms with Crippen LogP contribution in [0.4, 0.5) is 4.79 Å². The molecule has 2 heterocycles. The van der Waals surface area contributed by atoms with Gasteiger partial charge in [0.15, 0.2) is 0 Å². The molecular formula is C17H15BrClN3O3. The predicted molar refractivity (Wildman–Crippen MR) is 99.4 cm³/mol. The SMILES string of the molecule is O=C(O)N[C@H](COc1cnc(Cl)c(Br)c1)Cc1c[nH]c2ccccc12. The van der Waals surface area contributed by atoms with E-state index in [1.165, 1.54) is 6.20 Å². The van der Waals surface area contributed by atoms with Gasteiger partial charge in [0, 0.05) is 17.1 Å². The number of aromatic nitrogens is 2. The second kappa shape index (κ2) is 7.76. The molecule has 1 amide bonds. The third-order valence-corrected chi connectivity index (χ3v) is 4.83. The van der Waals surface area contributed by atoms with Crippen molar-refractivity contribution in [3.8, 4) is 5.75 Å². The molecule has 0 fully saturated rings. The Hall–Kier alpha value is -2.25. The number of H-pyrrole nitrogens is 1. The van der Waals surface area contributed by atoms with Gasteiger partial charge in [0.1, 0.15) is 17.5 Å². The van der Waals surface area contributed by atoms with Crippen LogP contribution in [0.5, 0.6) is 5.75 Å². The molecule has 0 saturated carbocycles. The second-order valence-electron chi connectivity index (χ2n) is 5.46. The third kappa shape index (κ3) is 4.43. The highest BCUT2D eigenvalue weighted by molar-refractivity contribution is 9.10. The summed E-state index contributed by atoms with van der Waals surface area (Å²) in [5, 5.41) is 13.0. The summed E-state index contributed by atoms with van der Waals surface area (Å²) >= 11 is 9.14. The smallest absolute Gasteiger partial charge is 0.405 e. The van der Waals surface area contributed by atoms with Gasteiger partial charge in [-0.1, -0.05) is 29.8 Å². The number of benzene rings is 1. The molecule has 3 aromatic rings. The second-order valence-corrected chi connectivity index (χ2v) is 6.68. The number of para-hydroxylation sites is 1. The Bertz CT molecular complexity index is 900. The van der Waals surface area contributed by atoms with E-state index in [2.05, 4.69) is 31.2 Å². The number of carboxylic acid groups (broad SMARTS) is 1. The van der Waals surface area contributed by atoms with E-state index < -0.39 is 12.1 Å². The first-order valence-electron chi connectivity index (χ1n) is 7.51. The maximum absolute atomic E-state index is 11.1. The van der Waals surface area contributed by atoms with Crippen molar-refractivity contribution in [1.82, 2.24) is 15.3 Å². The van der Waals surface area contributed by atoms with Gasteiger partial charge in [-0.05, 0) is 40.0 Å². The van der Waals surface area contributed by atoms with Gasteiger partial charge in [-0.15, -0.1) is 0 Å². The normalized spacial score (nSPS) is 12.1. The van der Waals surface area contributed by atoms with Crippen LogP contribution in [0.1, 0.15) is 5.56 Å². The summed E-state index contributed by atoms with van der Waals surface area (Å²) in [5.74, 6) is 0.507. The van der Waals surface area contributed by atoms with E-state index in [-0.39, 0.29) is 6.61 Å². The lowest BCUT2D eigenvalue weighted by Crippen LogP contribution is -2.39. The quantitative estimate of drug-likeness (QED) is 0.517. The minimum absolute atomic E-state index is 0.168. The van der Waals surface area contributed by atoms with Gasteiger partial charge in [0.2, 0.25) is 0 Å². The number of halogens is 2. The number of fused-ring (bicyclic) bond motifs is 1. The summed E-state index contributed by atoms with van der Waals surface area (Å²) < 4.78 is 6.30. The van der Waals surface area contributed by atoms with Gasteiger partial charge < -0.3 is 20.1 Å². The fraction of sp³-hybridized carbons (Fsp3) is 0.176. The molecular weight excluding hydrogens is 410 g/mol. The predicted octanol–water partition coefficient (Wildman–Crippen LogP) is 4.24. The molecule has 0 saturated heterocycles. The summed E-state index contributed by atoms with van der Waals surface area (Å²) in [6.07, 6.45) is 2.79. The Labute approximate surface area is 157 Å². The van der Waals surface area contributed by atoms with Crippen LogP contribution in [-0.4, -0.2) is 33.8 Å². The molecule has 0 aliphatic heterocycles. The molecule has 0 bridgehead atoms. The van der Waals surface area contributed by atoms with Crippen LogP contribution in [0.3, 0.4) is 0 Å². The number of hydrogen-bond acceptors (Lipinski definition) is 3. The molecule has 0 unspecified atom stereocenters. The fourth-order valence-electron chi connectivity index (χ4n) is 2.57. The number of nitrogens with one attached hydrogen (secondary N) is 2. The maximum atomic E-state index is 11.1. The van der Waals surface area contributed by atoms with Crippen molar-refractivity contribution >= 4 is 44.5 Å². The fourth-order valence-corrected chi connectivity index (χ4v) is 3.00. The van der Waals surface area contributed by atoms with E-state index in [4.69, 9.17) is 21.4 Å². The van der Waals surface area contributed by atoms with Crippen LogP contribution in [0.15, 0.2) is 47.2 Å². The highest BCUT2D eigenvalue weighted by Crippen LogP contribution is 2.24. The Balaban J connectivity index is 1.73. The topological polar surface area (TPSA) is 87.2 Å². The number of hydrogen-bond donors (Lipinski definition) is 3. The summed E-state index contributed by atoms with van der Waals surface area (Å²) in [7, 11) is 0. The molecule has 1 aromatic carbocycles. The van der Waals surface area contributed by atoms with Crippen molar-refractivity contribution in [3.05, 3.63) is 57.9 Å². The monoisotopic (exact) mass is 423 g/mol. The molecule has 130 valence electrons. The van der Waals surface area contributed by atoms with Gasteiger partial charge in [-0.2, -0.15) is 0 Å². The summed E-state index contributed by atoms with van der Waals surface area (Å²) in [6, 6.07) is 9.16. The van der Waals surface area contributed by atoms with Crippen molar-refractivity contribution in [3.63, 3.8) is 0 Å². The Morgan fingerprint density at radius 2 is 2.24 bits per heavy atom. The largest absolute Gasteiger partial charge is 0.490 e. The average Bonchev–Trinajstić information content (AvgIpc) is 2.98. The van der Waals surface area contributed by atoms with Gasteiger partial charge in [-0.25, -0.2) is 9.78 Å². The van der Waals surface area contributed by atoms with E-state index >= 15 is 0 Å². The first-order chi connectivity index (χ1) is 12.0. The van der Waals surface area contributed by atoms with Crippen LogP contribution >= 0.6 is 27.5 Å². The average molecular weight is 425 g/mol. The lowest BCUT2D eigenvalue weighted by molar-refractivity contribution is 0.181. The van der Waals surface area contributed by atoms with Gasteiger partial charge in [-0.3, -0.25) is 0 Å². The third-order valence-electron chi connectivity index (χ3n) is 3.69. The molecule has 0 aliphatic carbocycles. The van der Waals surface area contributed by atoms with Crippen LogP contribution in [-0.2, 0) is 6.42 Å². The zero-order valence-corrected chi connectivity index (χ0v) is 15.3. The zero-order valence-electron chi connectivity index (χ0n) is 13.0. The molecule has 3 N–H and O–H groups in total. The molecule has 25 heavy (non-hydrogen) atoms. The van der Waals surface area contributed by atoms with E-state index in [0.717, 1.165) is 16.5 Å². The van der Waals surface area contributed by atoms with Gasteiger partial charge in [0.05, 0.1) is 16.7 Å². The number of nitrogens with zero attached hydrogens (tertiary/aromatic N) is 1. The standard InChI is InChI=1S/C17H15BrClN3O3/c18-14-6-12(8-21-16(14)19)25-9-11(22-17(23)24)5-10-7-20-15-4-2-1-3-13(10)15/h1-4,6-8,11,20,22H,5,9H2,(H,23,24)/t11-/m0/s1. The molecule has 0 radical (unpaired) electrons. The van der Waals surface area contributed by atoms with Crippen molar-refractivity contribution in [2.45, 2.75) is 12.5 Å². The summed E-state index contributed by atoms with van der Waals surface area (Å²) in [6.45, 7) is 0.168. The van der Waals surface area contributed by atoms with Crippen LogP contribution in [0, 0.1) is 0 Å². The van der Waals surface area contributed by atoms with E-state index in [1.807, 2.05) is 30.5 Å². The number of pyridine rings is 1. The van der Waals surface area contributed by atoms with Crippen LogP contribution in [0.25, 0.3) is 10.9 Å². The molecule has 3 rings (SSSR count). The highest BCUT2D eigenvalue weighted by atomic mass is 79.9. The van der Waals surface area contributed by atoms with E-state index in [9.17, 15) is 4.79 Å². The minimum Gasteiger partial charge on any atom is -0.490 e. The Morgan fingerprint density at radius 3 is 3.00 bits per heavy atom. The van der Waals surface area contributed by atoms with E-state index in [1.54, 1.807) is 6.07 Å². The minimum atomic E-state index is -1.09. The Morgan fingerprint density at radius 1 is 1.44 bits per heavy atom. The van der Waals surface area contributed by atoms with E-state index in [0.29, 0.717) is 21.8 Å². The Kier molecular flexibility index (Phi) is 5.45. The lowest BCUT2D eigenvalue weighted by Gasteiger charge is -2.17. The van der Waals surface area contributed by atoms with Crippen molar-refractivity contribution in [1.29, 1.82) is 0 Å². The van der Waals surface area contributed by atoms with Crippen LogP contribution in [0.2, 0.25) is 5.15 Å². The van der Waals surface area contributed by atoms with Crippen molar-refractivity contribution in [2.24, 2.45) is 0 Å². The van der Waals surface area contributed by atoms with Crippen molar-refractivity contribution < 1.29 is 14.6 Å². The number of aromatic amines is 1. The zero-order chi connectivity index (χ0) is 17.8. The molecule has 0 spiro atoms. The van der Waals surface area contributed by atoms with Gasteiger partial charge >= 0.3 is 6.09 Å². The number of carbonyl (C=O) groups is 1. The molecule has 6 nitrogen and oxygen atoms in total. The number of rotatable bonds is 6. The van der Waals surface area contributed by atoms with Gasteiger partial charge in [0.25, 0.3) is 0 Å². The number of amides is 1. The first-order valence-corrected chi connectivity index (χ1v) is 8.68. The highest BCUT2D eigenvalue weighted by Gasteiger charge is 2.16. The molecule has 0 aliphatic rings. The maximum Gasteiger partial charge on any atom is 0.405 e. The molecule has 2 aromatic heterocycles. The molecule has 1 atom stereocenters. The van der Waals surface area contributed by atoms with Crippen molar-refractivity contribution in [2.75, 3.05) is 6.61 Å². The first kappa shape index (κ1) is 17.6. The lowest BCUT2D eigenvalue weighted by atomic mass is 10.1.